The van der Waals surface area contributed by atoms with Gasteiger partial charge in [0, 0.05) is 19.0 Å². The van der Waals surface area contributed by atoms with Gasteiger partial charge in [0.15, 0.2) is 12.3 Å². The van der Waals surface area contributed by atoms with Gasteiger partial charge in [-0.25, -0.2) is 13.9 Å². The lowest BCUT2D eigenvalue weighted by Gasteiger charge is -2.23. The molecular formula is C40H73N3O15P2. The number of phosphoric ester groups is 1. The molecule has 18 nitrogen and oxygen atoms in total. The molecule has 348 valence electrons. The van der Waals surface area contributed by atoms with E-state index in [0.717, 1.165) is 68.3 Å². The first-order valence-electron chi connectivity index (χ1n) is 22.0. The molecule has 2 rings (SSSR count). The van der Waals surface area contributed by atoms with Crippen LogP contribution in [-0.2, 0) is 46.3 Å². The standard InChI is InChI=1S/C40H73N3O15P2/c1-3-5-7-9-11-13-15-17-19-21-23-25-35(44)53-29-33(56-36(45)26-24-22-20-18-16-14-12-10-8-6-4-2)30-54-60(52,58-59(49,50)51)55-31-34-37(46)38(47)39(57-34)43-28-32(41)27-42-40(43)48/h27-28,33-34,37-39,46-47H,3-26,29-31,41H2,1-2H3,(H2,49,50,51)/t33-,34-,37-,38-,39-,60?/m1/s1. The van der Waals surface area contributed by atoms with E-state index in [-0.39, 0.29) is 18.5 Å². The molecule has 0 bridgehead atoms. The van der Waals surface area contributed by atoms with Gasteiger partial charge in [-0.1, -0.05) is 142 Å². The highest BCUT2D eigenvalue weighted by molar-refractivity contribution is 7.61. The number of rotatable bonds is 36. The van der Waals surface area contributed by atoms with Crippen LogP contribution in [0, 0.1) is 0 Å². The fourth-order valence-electron chi connectivity index (χ4n) is 6.76. The van der Waals surface area contributed by atoms with Gasteiger partial charge in [0.1, 0.15) is 24.9 Å². The summed E-state index contributed by atoms with van der Waals surface area (Å²) >= 11 is 0. The Balaban J connectivity index is 1.96. The van der Waals surface area contributed by atoms with Crippen molar-refractivity contribution in [3.8, 4) is 0 Å². The molecule has 2 heterocycles. The number of nitrogens with zero attached hydrogens (tertiary/aromatic N) is 2. The minimum Gasteiger partial charge on any atom is -0.462 e. The van der Waals surface area contributed by atoms with Crippen molar-refractivity contribution >= 4 is 33.3 Å². The molecule has 0 aromatic carbocycles. The van der Waals surface area contributed by atoms with Crippen molar-refractivity contribution in [2.75, 3.05) is 25.6 Å². The minimum absolute atomic E-state index is 0.0411. The number of unbranched alkanes of at least 4 members (excludes halogenated alkanes) is 20. The molecule has 0 amide bonds. The second-order valence-corrected chi connectivity index (χ2v) is 18.6. The molecule has 1 aliphatic heterocycles. The smallest absolute Gasteiger partial charge is 0.462 e. The second-order valence-electron chi connectivity index (χ2n) is 15.6. The average molecular weight is 898 g/mol. The molecule has 1 saturated heterocycles. The number of nitrogens with two attached hydrogens (primary N) is 1. The summed E-state index contributed by atoms with van der Waals surface area (Å²) in [4.78, 5) is 60.4. The van der Waals surface area contributed by atoms with Gasteiger partial charge in [-0.15, -0.1) is 0 Å². The molecule has 0 radical (unpaired) electrons. The number of hydrogen-bond acceptors (Lipinski definition) is 15. The SMILES string of the molecule is CCCCCCCCCCCCCC(=O)OC[C@H](COP(=O)(OC[C@H]1O[C@@H](n2cc(N)cnc2=O)[C@H](O)[C@@H]1O)OP(=O)(O)O)OC(=O)CCCCCCCCCCCCC. The van der Waals surface area contributed by atoms with Gasteiger partial charge in [0.05, 0.1) is 25.1 Å². The summed E-state index contributed by atoms with van der Waals surface area (Å²) in [7, 11) is -10.8. The zero-order valence-electron chi connectivity index (χ0n) is 35.8. The first-order chi connectivity index (χ1) is 28.7. The summed E-state index contributed by atoms with van der Waals surface area (Å²) < 4.78 is 57.4. The maximum absolute atomic E-state index is 13.6. The van der Waals surface area contributed by atoms with E-state index in [2.05, 4.69) is 23.1 Å². The lowest BCUT2D eigenvalue weighted by Crippen LogP contribution is -2.36. The van der Waals surface area contributed by atoms with Crippen LogP contribution in [0.25, 0.3) is 0 Å². The highest BCUT2D eigenvalue weighted by atomic mass is 31.3. The zero-order valence-corrected chi connectivity index (χ0v) is 37.6. The minimum atomic E-state index is -5.56. The van der Waals surface area contributed by atoms with Crippen LogP contribution in [0.1, 0.15) is 174 Å². The third-order valence-electron chi connectivity index (χ3n) is 10.2. The first kappa shape index (κ1) is 53.9. The Morgan fingerprint density at radius 1 is 0.750 bits per heavy atom. The van der Waals surface area contributed by atoms with Crippen molar-refractivity contribution in [1.29, 1.82) is 0 Å². The van der Waals surface area contributed by atoms with Gasteiger partial charge in [0.2, 0.25) is 0 Å². The third-order valence-corrected chi connectivity index (χ3v) is 12.7. The van der Waals surface area contributed by atoms with E-state index >= 15 is 0 Å². The lowest BCUT2D eigenvalue weighted by molar-refractivity contribution is -0.161. The Kier molecular flexibility index (Phi) is 27.6. The number of anilines is 1. The lowest BCUT2D eigenvalue weighted by atomic mass is 10.1. The Hall–Kier alpha value is -2.24. The van der Waals surface area contributed by atoms with Crippen molar-refractivity contribution in [2.45, 2.75) is 199 Å². The second kappa shape index (κ2) is 30.7. The summed E-state index contributed by atoms with van der Waals surface area (Å²) in [6, 6.07) is 0. The summed E-state index contributed by atoms with van der Waals surface area (Å²) in [5.41, 5.74) is 4.86. The van der Waals surface area contributed by atoms with Gasteiger partial charge in [-0.2, -0.15) is 9.29 Å². The van der Waals surface area contributed by atoms with E-state index < -0.39 is 83.7 Å². The van der Waals surface area contributed by atoms with Crippen LogP contribution in [0.3, 0.4) is 0 Å². The highest BCUT2D eigenvalue weighted by Gasteiger charge is 2.46. The number of phosphoric acid groups is 2. The summed E-state index contributed by atoms with van der Waals surface area (Å²) in [6.07, 6.45) is 18.5. The van der Waals surface area contributed by atoms with E-state index in [4.69, 9.17) is 29.0 Å². The van der Waals surface area contributed by atoms with E-state index in [1.54, 1.807) is 0 Å². The quantitative estimate of drug-likeness (QED) is 0.0247. The normalized spacial score (nSPS) is 19.6. The average Bonchev–Trinajstić information content (AvgIpc) is 3.48. The van der Waals surface area contributed by atoms with Gasteiger partial charge in [-0.05, 0) is 12.8 Å². The fourth-order valence-corrected chi connectivity index (χ4v) is 8.94. The van der Waals surface area contributed by atoms with Crippen LogP contribution < -0.4 is 11.4 Å². The summed E-state index contributed by atoms with van der Waals surface area (Å²) in [5.74, 6) is -1.21. The zero-order chi connectivity index (χ0) is 44.2. The van der Waals surface area contributed by atoms with E-state index in [1.807, 2.05) is 0 Å². The number of nitrogen functional groups attached to an aromatic ring is 1. The molecule has 6 atom stereocenters. The van der Waals surface area contributed by atoms with Gasteiger partial charge >= 0.3 is 33.3 Å². The Bertz CT molecular complexity index is 1500. The number of ether oxygens (including phenoxy) is 3. The van der Waals surface area contributed by atoms with Crippen LogP contribution >= 0.6 is 15.6 Å². The Labute approximate surface area is 355 Å². The molecule has 6 N–H and O–H groups in total. The summed E-state index contributed by atoms with van der Waals surface area (Å²) in [6.45, 7) is 2.11. The number of aliphatic hydroxyl groups excluding tert-OH is 2. The number of aliphatic hydroxyl groups is 2. The van der Waals surface area contributed by atoms with E-state index in [0.29, 0.717) is 12.8 Å². The van der Waals surface area contributed by atoms with Crippen LogP contribution in [0.2, 0.25) is 0 Å². The van der Waals surface area contributed by atoms with Crippen LogP contribution in [0.5, 0.6) is 0 Å². The monoisotopic (exact) mass is 897 g/mol. The van der Waals surface area contributed by atoms with Crippen molar-refractivity contribution < 1.29 is 66.3 Å². The van der Waals surface area contributed by atoms with Gasteiger partial charge in [-0.3, -0.25) is 23.2 Å². The maximum Gasteiger partial charge on any atom is 0.483 e. The molecule has 1 fully saturated rings. The number of aromatic nitrogens is 2. The van der Waals surface area contributed by atoms with E-state index in [1.165, 1.54) is 77.0 Å². The predicted octanol–water partition coefficient (Wildman–Crippen LogP) is 7.55. The van der Waals surface area contributed by atoms with E-state index in [9.17, 15) is 43.5 Å². The molecule has 0 saturated carbocycles. The highest BCUT2D eigenvalue weighted by Crippen LogP contribution is 2.61. The number of carbonyl (C=O) groups is 2. The van der Waals surface area contributed by atoms with Gasteiger partial charge < -0.3 is 39.9 Å². The molecule has 0 aliphatic carbocycles. The molecule has 0 spiro atoms. The number of carbonyl (C=O) groups excluding carboxylic acids is 2. The van der Waals surface area contributed by atoms with Crippen molar-refractivity contribution in [1.82, 2.24) is 9.55 Å². The number of hydrogen-bond donors (Lipinski definition) is 5. The van der Waals surface area contributed by atoms with Crippen molar-refractivity contribution in [3.05, 3.63) is 22.9 Å². The topological polar surface area (TPSA) is 265 Å². The predicted molar refractivity (Wildman–Crippen MR) is 224 cm³/mol. The number of esters is 2. The Morgan fingerprint density at radius 3 is 1.73 bits per heavy atom. The van der Waals surface area contributed by atoms with Gasteiger partial charge in [0.25, 0.3) is 0 Å². The molecule has 1 aromatic rings. The van der Waals surface area contributed by atoms with Crippen LogP contribution in [0.4, 0.5) is 5.69 Å². The summed E-state index contributed by atoms with van der Waals surface area (Å²) in [5, 5.41) is 21.2. The fraction of sp³-hybridized carbons (Fsp3) is 0.850. The first-order valence-corrected chi connectivity index (χ1v) is 25.0. The molecule has 1 aromatic heterocycles. The largest absolute Gasteiger partial charge is 0.483 e. The molecule has 1 aliphatic rings. The molecular weight excluding hydrogens is 824 g/mol. The molecule has 20 heteroatoms. The molecule has 1 unspecified atom stereocenters. The van der Waals surface area contributed by atoms with Crippen LogP contribution in [0.15, 0.2) is 17.2 Å². The van der Waals surface area contributed by atoms with Crippen molar-refractivity contribution in [2.24, 2.45) is 0 Å². The molecule has 60 heavy (non-hydrogen) atoms. The third kappa shape index (κ3) is 23.8. The van der Waals surface area contributed by atoms with Crippen LogP contribution in [-0.4, -0.2) is 85.7 Å². The maximum atomic E-state index is 13.6. The van der Waals surface area contributed by atoms with Crippen molar-refractivity contribution in [3.63, 3.8) is 0 Å². The Morgan fingerprint density at radius 2 is 1.23 bits per heavy atom.